The molecule has 4 amide bonds. The summed E-state index contributed by atoms with van der Waals surface area (Å²) in [6, 6.07) is 19.8. The molecule has 3 saturated heterocycles. The first kappa shape index (κ1) is 42.7. The van der Waals surface area contributed by atoms with Crippen LogP contribution in [0.5, 0.6) is 0 Å². The molecule has 15 nitrogen and oxygen atoms in total. The molecule has 4 N–H and O–H groups in total. The first-order valence-electron chi connectivity index (χ1n) is 23.1. The van der Waals surface area contributed by atoms with Crippen LogP contribution in [-0.2, 0) is 23.8 Å². The van der Waals surface area contributed by atoms with Gasteiger partial charge in [0.25, 0.3) is 0 Å². The monoisotopic (exact) mass is 882 g/mol. The number of fused-ring (bicyclic) bond motifs is 3. The van der Waals surface area contributed by atoms with Gasteiger partial charge in [0, 0.05) is 17.6 Å². The summed E-state index contributed by atoms with van der Waals surface area (Å²) in [5.74, 6) is 2.04. The van der Waals surface area contributed by atoms with Gasteiger partial charge in [0.1, 0.15) is 23.7 Å². The number of nitrogens with zero attached hydrogens (tertiary/aromatic N) is 4. The van der Waals surface area contributed by atoms with E-state index in [1.165, 1.54) is 14.2 Å². The molecule has 5 aromatic rings. The summed E-state index contributed by atoms with van der Waals surface area (Å²) >= 11 is 0. The van der Waals surface area contributed by atoms with Crippen LogP contribution in [0.25, 0.3) is 44.4 Å². The molecule has 65 heavy (non-hydrogen) atoms. The van der Waals surface area contributed by atoms with Gasteiger partial charge in [0.2, 0.25) is 11.8 Å². The van der Waals surface area contributed by atoms with Gasteiger partial charge in [-0.05, 0) is 116 Å². The number of carbonyl (C=O) groups excluding carboxylic acids is 4. The smallest absolute Gasteiger partial charge is 0.407 e. The van der Waals surface area contributed by atoms with E-state index in [1.54, 1.807) is 0 Å². The fourth-order valence-corrected chi connectivity index (χ4v) is 11.1. The molecule has 0 bridgehead atoms. The molecule has 2 aliphatic carbocycles. The number of hydrogen-bond acceptors (Lipinski definition) is 9. The second-order valence-corrected chi connectivity index (χ2v) is 19.3. The molecule has 5 heterocycles. The van der Waals surface area contributed by atoms with Gasteiger partial charge in [0.15, 0.2) is 0 Å². The fourth-order valence-electron chi connectivity index (χ4n) is 11.1. The number of hydrogen-bond donors (Lipinski definition) is 4. The van der Waals surface area contributed by atoms with Crippen molar-refractivity contribution in [3.05, 3.63) is 84.7 Å². The van der Waals surface area contributed by atoms with Gasteiger partial charge in [-0.25, -0.2) is 19.6 Å². The van der Waals surface area contributed by atoms with Crippen LogP contribution >= 0.6 is 0 Å². The van der Waals surface area contributed by atoms with Crippen LogP contribution in [0.1, 0.15) is 90.0 Å². The minimum absolute atomic E-state index is 0.0107. The van der Waals surface area contributed by atoms with Crippen LogP contribution in [0.4, 0.5) is 9.59 Å². The van der Waals surface area contributed by atoms with Crippen molar-refractivity contribution in [2.75, 3.05) is 14.2 Å². The molecule has 10 rings (SSSR count). The van der Waals surface area contributed by atoms with Crippen molar-refractivity contribution >= 4 is 34.8 Å². The Morgan fingerprint density at radius 2 is 1.14 bits per heavy atom. The Morgan fingerprint density at radius 3 is 1.71 bits per heavy atom. The van der Waals surface area contributed by atoms with E-state index in [2.05, 4.69) is 81.3 Å². The number of piperidine rings is 2. The number of imidazole rings is 2. The molecule has 5 aliphatic rings. The van der Waals surface area contributed by atoms with E-state index >= 15 is 0 Å². The van der Waals surface area contributed by atoms with Crippen molar-refractivity contribution in [3.63, 3.8) is 0 Å². The van der Waals surface area contributed by atoms with Gasteiger partial charge in [-0.15, -0.1) is 0 Å². The molecule has 0 spiro atoms. The van der Waals surface area contributed by atoms with E-state index in [0.717, 1.165) is 81.7 Å². The second-order valence-electron chi connectivity index (χ2n) is 19.3. The number of H-pyrrole nitrogens is 2. The minimum Gasteiger partial charge on any atom is -0.453 e. The highest BCUT2D eigenvalue weighted by Gasteiger charge is 2.58. The summed E-state index contributed by atoms with van der Waals surface area (Å²) in [6.07, 6.45) is 7.43. The quantitative estimate of drug-likeness (QED) is 0.102. The lowest BCUT2D eigenvalue weighted by Gasteiger charge is -2.38. The average molecular weight is 883 g/mol. The molecule has 11 atom stereocenters. The zero-order valence-corrected chi connectivity index (χ0v) is 37.7. The number of alkyl carbamates (subject to hydrolysis) is 2. The van der Waals surface area contributed by atoms with E-state index in [0.29, 0.717) is 24.7 Å². The Balaban J connectivity index is 0.821. The topological polar surface area (TPSA) is 184 Å². The van der Waals surface area contributed by atoms with Crippen LogP contribution in [-0.4, -0.2) is 104 Å². The highest BCUT2D eigenvalue weighted by atomic mass is 16.5. The molecule has 3 aromatic carbocycles. The van der Waals surface area contributed by atoms with Crippen LogP contribution in [0.15, 0.2) is 73.1 Å². The first-order valence-corrected chi connectivity index (χ1v) is 23.1. The summed E-state index contributed by atoms with van der Waals surface area (Å²) in [5.41, 5.74) is 5.94. The maximum absolute atomic E-state index is 14.5. The van der Waals surface area contributed by atoms with Crippen LogP contribution in [0.3, 0.4) is 0 Å². The van der Waals surface area contributed by atoms with Gasteiger partial charge in [-0.2, -0.15) is 0 Å². The van der Waals surface area contributed by atoms with Gasteiger partial charge >= 0.3 is 12.2 Å². The Hall–Kier alpha value is -6.22. The molecular weight excluding hydrogens is 825 g/mol. The number of aromatic nitrogens is 4. The summed E-state index contributed by atoms with van der Waals surface area (Å²) < 4.78 is 15.8. The Morgan fingerprint density at radius 1 is 0.646 bits per heavy atom. The number of methoxy groups -OCH3 is 2. The maximum Gasteiger partial charge on any atom is 0.407 e. The van der Waals surface area contributed by atoms with Gasteiger partial charge < -0.3 is 44.6 Å². The summed E-state index contributed by atoms with van der Waals surface area (Å²) in [7, 11) is 2.63. The van der Waals surface area contributed by atoms with Gasteiger partial charge in [0.05, 0.1) is 62.3 Å². The second kappa shape index (κ2) is 17.0. The highest BCUT2D eigenvalue weighted by molar-refractivity contribution is 5.91. The van der Waals surface area contributed by atoms with Crippen molar-refractivity contribution in [2.24, 2.45) is 23.7 Å². The molecule has 5 fully saturated rings. The van der Waals surface area contributed by atoms with Crippen molar-refractivity contribution in [3.8, 4) is 33.6 Å². The fraction of sp³-hybridized carbons (Fsp3) is 0.480. The molecule has 3 aliphatic heterocycles. The average Bonchev–Trinajstić information content (AvgIpc) is 3.89. The molecule has 340 valence electrons. The number of amides is 4. The molecular formula is C50H58N8O7. The number of likely N-dealkylation sites (tertiary alicyclic amines) is 2. The van der Waals surface area contributed by atoms with Crippen LogP contribution in [0.2, 0.25) is 0 Å². The van der Waals surface area contributed by atoms with E-state index < -0.39 is 24.3 Å². The van der Waals surface area contributed by atoms with Crippen molar-refractivity contribution in [1.82, 2.24) is 40.4 Å². The normalized spacial score (nSPS) is 27.5. The third-order valence-electron chi connectivity index (χ3n) is 14.5. The summed E-state index contributed by atoms with van der Waals surface area (Å²) in [6.45, 7) is 7.88. The zero-order chi connectivity index (χ0) is 45.3. The third-order valence-corrected chi connectivity index (χ3v) is 14.5. The summed E-state index contributed by atoms with van der Waals surface area (Å²) in [5, 5.41) is 7.85. The predicted octanol–water partition coefficient (Wildman–Crippen LogP) is 7.92. The van der Waals surface area contributed by atoms with Crippen molar-refractivity contribution in [2.45, 2.75) is 115 Å². The maximum atomic E-state index is 14.5. The molecule has 0 radical (unpaired) electrons. The molecule has 2 unspecified atom stereocenters. The van der Waals surface area contributed by atoms with E-state index in [1.807, 2.05) is 49.9 Å². The molecule has 2 aromatic heterocycles. The Labute approximate surface area is 378 Å². The lowest BCUT2D eigenvalue weighted by molar-refractivity contribution is -0.140. The van der Waals surface area contributed by atoms with E-state index in [9.17, 15) is 19.2 Å². The largest absolute Gasteiger partial charge is 0.453 e. The van der Waals surface area contributed by atoms with E-state index in [4.69, 9.17) is 24.2 Å². The van der Waals surface area contributed by atoms with Gasteiger partial charge in [-0.3, -0.25) is 9.59 Å². The number of benzene rings is 3. The highest BCUT2D eigenvalue weighted by Crippen LogP contribution is 2.55. The first-order chi connectivity index (χ1) is 31.4. The van der Waals surface area contributed by atoms with Crippen molar-refractivity contribution < 1.29 is 33.4 Å². The standard InChI is InChI=1S/C50H58N8O7/c1-25(2)43(55-49(61)63-5)47(59)57-39-19-34(39)21-41(57)45-51-23-37(53-45)29-9-7-28(8-10-29)30-11-12-32-18-33(14-13-31(32)17-30)38-24-52-46(54-38)42-22-35-20-40(35)58(42)48(60)44(56-50(62)64-6)36-15-26(3)65-27(4)16-36/h7-14,17-18,23-27,34-36,39-44H,15-16,19-22H2,1-6H3,(H,51,53)(H,52,54)(H,55,61)(H,56,62)/t26-,27+,34-,35?,36+,39-,40-,41+,42+,43+,44?/m1/s1. The Bertz CT molecular complexity index is 2610. The third kappa shape index (κ3) is 8.23. The number of aromatic amines is 2. The predicted molar refractivity (Wildman–Crippen MR) is 243 cm³/mol. The lowest BCUT2D eigenvalue weighted by atomic mass is 9.85. The minimum atomic E-state index is -0.706. The lowest BCUT2D eigenvalue weighted by Crippen LogP contribution is -2.55. The number of rotatable bonds is 11. The number of carbonyl (C=O) groups is 4. The van der Waals surface area contributed by atoms with Gasteiger partial charge in [-0.1, -0.05) is 62.4 Å². The number of nitrogens with one attached hydrogen (secondary N) is 4. The summed E-state index contributed by atoms with van der Waals surface area (Å²) in [4.78, 5) is 73.5. The van der Waals surface area contributed by atoms with Crippen LogP contribution in [0, 0.1) is 23.7 Å². The van der Waals surface area contributed by atoms with E-state index in [-0.39, 0.29) is 60.0 Å². The van der Waals surface area contributed by atoms with Crippen molar-refractivity contribution in [1.29, 1.82) is 0 Å². The van der Waals surface area contributed by atoms with Crippen LogP contribution < -0.4 is 10.6 Å². The molecule has 15 heteroatoms. The molecule has 2 saturated carbocycles. The zero-order valence-electron chi connectivity index (χ0n) is 37.7. The number of ether oxygens (including phenoxy) is 3. The Kier molecular flexibility index (Phi) is 11.2. The SMILES string of the molecule is COC(=O)NC(C(=O)N1[C@@H]2CC2C[C@H]1c1ncc(-c2ccc3cc(-c4ccc(-c5cnc([C@@H]6C[C@H]7C[C@H]7N6C(=O)[C@@H](NC(=O)OC)C(C)C)[nH]5)cc4)ccc3c2)[nH]1)[C@H]1C[C@@H](C)O[C@@H](C)C1.